The number of esters is 1. The lowest BCUT2D eigenvalue weighted by Crippen LogP contribution is -2.10. The Kier molecular flexibility index (Phi) is 4.02. The van der Waals surface area contributed by atoms with Crippen molar-refractivity contribution < 1.29 is 19.1 Å². The maximum absolute atomic E-state index is 11.5. The van der Waals surface area contributed by atoms with Gasteiger partial charge in [0.25, 0.3) is 0 Å². The van der Waals surface area contributed by atoms with Gasteiger partial charge in [-0.1, -0.05) is 6.07 Å². The third-order valence-electron chi connectivity index (χ3n) is 2.05. The number of ether oxygens (including phenoxy) is 2. The van der Waals surface area contributed by atoms with Crippen LogP contribution in [0, 0.1) is 0 Å². The van der Waals surface area contributed by atoms with E-state index in [1.807, 2.05) is 0 Å². The third-order valence-corrected chi connectivity index (χ3v) is 2.05. The van der Waals surface area contributed by atoms with Gasteiger partial charge in [-0.15, -0.1) is 0 Å². The Balaban J connectivity index is 2.99. The van der Waals surface area contributed by atoms with Crippen molar-refractivity contribution in [3.63, 3.8) is 0 Å². The minimum Gasteiger partial charge on any atom is -0.465 e. The zero-order valence-electron chi connectivity index (χ0n) is 9.15. The summed E-state index contributed by atoms with van der Waals surface area (Å²) in [5, 5.41) is 0. The smallest absolute Gasteiger partial charge is 0.339 e. The van der Waals surface area contributed by atoms with Crippen LogP contribution in [-0.4, -0.2) is 32.6 Å². The molecule has 5 nitrogen and oxygen atoms in total. The molecule has 1 rings (SSSR count). The normalized spacial score (nSPS) is 9.88. The van der Waals surface area contributed by atoms with E-state index < -0.39 is 5.97 Å². The molecule has 0 aliphatic carbocycles. The maximum Gasteiger partial charge on any atom is 0.339 e. The summed E-state index contributed by atoms with van der Waals surface area (Å²) in [4.78, 5) is 22.7. The van der Waals surface area contributed by atoms with E-state index in [1.54, 1.807) is 0 Å². The maximum atomic E-state index is 11.5. The fraction of sp³-hybridized carbons (Fsp3) is 0.273. The highest BCUT2D eigenvalue weighted by atomic mass is 16.5. The summed E-state index contributed by atoms with van der Waals surface area (Å²) in [7, 11) is 2.70. The summed E-state index contributed by atoms with van der Waals surface area (Å²) in [5.74, 6) is -0.714. The van der Waals surface area contributed by atoms with Gasteiger partial charge in [-0.05, 0) is 12.1 Å². The van der Waals surface area contributed by atoms with Crippen molar-refractivity contribution in [2.45, 2.75) is 0 Å². The lowest BCUT2D eigenvalue weighted by Gasteiger charge is -2.05. The molecule has 0 spiro atoms. The van der Waals surface area contributed by atoms with E-state index in [0.29, 0.717) is 5.56 Å². The average Bonchev–Trinajstić information content (AvgIpc) is 2.28. The van der Waals surface area contributed by atoms with Crippen LogP contribution in [0.15, 0.2) is 18.2 Å². The number of carbonyl (C=O) groups excluding carboxylic acids is 2. The number of anilines is 1. The number of ketones is 1. The van der Waals surface area contributed by atoms with Crippen LogP contribution in [0.4, 0.5) is 5.69 Å². The average molecular weight is 223 g/mol. The van der Waals surface area contributed by atoms with Gasteiger partial charge in [-0.2, -0.15) is 0 Å². The molecule has 2 N–H and O–H groups in total. The monoisotopic (exact) mass is 223 g/mol. The van der Waals surface area contributed by atoms with Crippen molar-refractivity contribution in [2.24, 2.45) is 0 Å². The number of Topliss-reactive ketones (excluding diaryl/α,β-unsaturated/α-hetero) is 1. The second-order valence-electron chi connectivity index (χ2n) is 3.15. The zero-order valence-corrected chi connectivity index (χ0v) is 9.15. The summed E-state index contributed by atoms with van der Waals surface area (Å²) >= 11 is 0. The van der Waals surface area contributed by atoms with Gasteiger partial charge in [0.2, 0.25) is 0 Å². The van der Waals surface area contributed by atoms with Crippen LogP contribution < -0.4 is 5.73 Å². The number of nitrogen functional groups attached to an aromatic ring is 1. The molecule has 0 radical (unpaired) electrons. The minimum atomic E-state index is -0.525. The molecule has 1 aromatic rings. The molecule has 0 saturated heterocycles. The molecule has 1 aromatic carbocycles. The topological polar surface area (TPSA) is 78.6 Å². The zero-order chi connectivity index (χ0) is 12.1. The Bertz CT molecular complexity index is 414. The number of carbonyl (C=O) groups is 2. The van der Waals surface area contributed by atoms with Crippen LogP contribution in [0.25, 0.3) is 0 Å². The van der Waals surface area contributed by atoms with Crippen molar-refractivity contribution >= 4 is 17.4 Å². The molecule has 0 bridgehead atoms. The van der Waals surface area contributed by atoms with Gasteiger partial charge >= 0.3 is 5.97 Å². The first kappa shape index (κ1) is 12.2. The molecule has 0 saturated carbocycles. The fourth-order valence-corrected chi connectivity index (χ4v) is 1.25. The second kappa shape index (κ2) is 5.27. The lowest BCUT2D eigenvalue weighted by molar-refractivity contribution is 0.0601. The Hall–Kier alpha value is -1.88. The number of benzene rings is 1. The van der Waals surface area contributed by atoms with Crippen LogP contribution in [0.3, 0.4) is 0 Å². The molecule has 0 amide bonds. The predicted molar refractivity (Wildman–Crippen MR) is 58.4 cm³/mol. The molecule has 0 unspecified atom stereocenters. The molecule has 0 aliphatic heterocycles. The van der Waals surface area contributed by atoms with Crippen LogP contribution in [0.1, 0.15) is 20.7 Å². The number of nitrogens with two attached hydrogens (primary N) is 1. The third kappa shape index (κ3) is 2.58. The highest BCUT2D eigenvalue weighted by Gasteiger charge is 2.12. The molecule has 0 heterocycles. The molecule has 0 aliphatic rings. The summed E-state index contributed by atoms with van der Waals surface area (Å²) in [6, 6.07) is 4.42. The van der Waals surface area contributed by atoms with E-state index in [4.69, 9.17) is 10.5 Å². The van der Waals surface area contributed by atoms with Gasteiger partial charge in [0.05, 0.1) is 12.7 Å². The van der Waals surface area contributed by atoms with Crippen molar-refractivity contribution in [1.82, 2.24) is 0 Å². The van der Waals surface area contributed by atoms with Crippen LogP contribution >= 0.6 is 0 Å². The Morgan fingerprint density at radius 1 is 1.31 bits per heavy atom. The molecule has 16 heavy (non-hydrogen) atoms. The van der Waals surface area contributed by atoms with Gasteiger partial charge in [0, 0.05) is 18.4 Å². The highest BCUT2D eigenvalue weighted by Crippen LogP contribution is 2.15. The number of hydrogen-bond acceptors (Lipinski definition) is 5. The standard InChI is InChI=1S/C11H13NO4/c1-15-6-10(13)7-3-4-8(9(12)5-7)11(14)16-2/h3-5H,6,12H2,1-2H3. The van der Waals surface area contributed by atoms with Gasteiger partial charge in [0.1, 0.15) is 6.61 Å². The van der Waals surface area contributed by atoms with E-state index in [1.165, 1.54) is 32.4 Å². The lowest BCUT2D eigenvalue weighted by atomic mass is 10.1. The van der Waals surface area contributed by atoms with Gasteiger partial charge < -0.3 is 15.2 Å². The van der Waals surface area contributed by atoms with E-state index in [-0.39, 0.29) is 23.6 Å². The number of rotatable bonds is 4. The first-order valence-electron chi connectivity index (χ1n) is 4.60. The molecule has 86 valence electrons. The van der Waals surface area contributed by atoms with Crippen LogP contribution in [-0.2, 0) is 9.47 Å². The first-order chi connectivity index (χ1) is 7.60. The van der Waals surface area contributed by atoms with E-state index >= 15 is 0 Å². The summed E-state index contributed by atoms with van der Waals surface area (Å²) in [6.07, 6.45) is 0. The molecule has 0 atom stereocenters. The summed E-state index contributed by atoms with van der Waals surface area (Å²) in [6.45, 7) is -0.0169. The molecular weight excluding hydrogens is 210 g/mol. The number of methoxy groups -OCH3 is 2. The van der Waals surface area contributed by atoms with Crippen molar-refractivity contribution in [2.75, 3.05) is 26.6 Å². The Labute approximate surface area is 93.1 Å². The first-order valence-corrected chi connectivity index (χ1v) is 4.60. The van der Waals surface area contributed by atoms with Crippen molar-refractivity contribution in [3.05, 3.63) is 29.3 Å². The Morgan fingerprint density at radius 2 is 2.00 bits per heavy atom. The highest BCUT2D eigenvalue weighted by molar-refractivity contribution is 6.01. The van der Waals surface area contributed by atoms with Gasteiger partial charge in [-0.3, -0.25) is 4.79 Å². The van der Waals surface area contributed by atoms with Crippen molar-refractivity contribution in [1.29, 1.82) is 0 Å². The summed E-state index contributed by atoms with van der Waals surface area (Å²) < 4.78 is 9.25. The Morgan fingerprint density at radius 3 is 2.50 bits per heavy atom. The molecule has 5 heteroatoms. The molecule has 0 fully saturated rings. The predicted octanol–water partition coefficient (Wildman–Crippen LogP) is 0.885. The molecular formula is C11H13NO4. The van der Waals surface area contributed by atoms with Crippen LogP contribution in [0.2, 0.25) is 0 Å². The number of hydrogen-bond donors (Lipinski definition) is 1. The molecule has 0 aromatic heterocycles. The van der Waals surface area contributed by atoms with E-state index in [9.17, 15) is 9.59 Å². The van der Waals surface area contributed by atoms with Crippen molar-refractivity contribution in [3.8, 4) is 0 Å². The second-order valence-corrected chi connectivity index (χ2v) is 3.15. The van der Waals surface area contributed by atoms with E-state index in [0.717, 1.165) is 0 Å². The fourth-order valence-electron chi connectivity index (χ4n) is 1.25. The van der Waals surface area contributed by atoms with Gasteiger partial charge in [0.15, 0.2) is 5.78 Å². The summed E-state index contributed by atoms with van der Waals surface area (Å²) in [5.41, 5.74) is 6.51. The van der Waals surface area contributed by atoms with Crippen LogP contribution in [0.5, 0.6) is 0 Å². The largest absolute Gasteiger partial charge is 0.465 e. The quantitative estimate of drug-likeness (QED) is 0.465. The SMILES string of the molecule is COCC(=O)c1ccc(C(=O)OC)c(N)c1. The van der Waals surface area contributed by atoms with E-state index in [2.05, 4.69) is 4.74 Å². The minimum absolute atomic E-state index is 0.0169. The van der Waals surface area contributed by atoms with Gasteiger partial charge in [-0.25, -0.2) is 4.79 Å².